The van der Waals surface area contributed by atoms with Crippen LogP contribution in [0.25, 0.3) is 65.7 Å². The van der Waals surface area contributed by atoms with Crippen molar-refractivity contribution in [1.29, 1.82) is 0 Å². The van der Waals surface area contributed by atoms with Crippen molar-refractivity contribution in [3.05, 3.63) is 254 Å². The van der Waals surface area contributed by atoms with E-state index in [-0.39, 0.29) is 5.41 Å². The molecule has 0 aromatic heterocycles. The zero-order chi connectivity index (χ0) is 43.5. The molecule has 1 aliphatic rings. The van der Waals surface area contributed by atoms with Gasteiger partial charge >= 0.3 is 0 Å². The van der Waals surface area contributed by atoms with Crippen molar-refractivity contribution < 1.29 is 0 Å². The third-order valence-corrected chi connectivity index (χ3v) is 13.6. The normalized spacial score (nSPS) is 12.9. The van der Waals surface area contributed by atoms with Gasteiger partial charge in [-0.1, -0.05) is 214 Å². The van der Waals surface area contributed by atoms with Crippen molar-refractivity contribution in [1.82, 2.24) is 0 Å². The van der Waals surface area contributed by atoms with Crippen molar-refractivity contribution in [2.45, 2.75) is 19.3 Å². The summed E-state index contributed by atoms with van der Waals surface area (Å²) in [5.41, 5.74) is 16.3. The summed E-state index contributed by atoms with van der Waals surface area (Å²) < 4.78 is 0. The highest BCUT2D eigenvalue weighted by atomic mass is 15.2. The summed E-state index contributed by atoms with van der Waals surface area (Å²) in [5.74, 6) is 0. The Kier molecular flexibility index (Phi) is 9.21. The number of fused-ring (bicyclic) bond motifs is 5. The monoisotopic (exact) mass is 830 g/mol. The van der Waals surface area contributed by atoms with Gasteiger partial charge in [0, 0.05) is 33.4 Å². The van der Waals surface area contributed by atoms with Crippen molar-refractivity contribution in [3.8, 4) is 33.4 Å². The van der Waals surface area contributed by atoms with Gasteiger partial charge in [0.2, 0.25) is 0 Å². The van der Waals surface area contributed by atoms with Gasteiger partial charge in [0.05, 0.1) is 17.1 Å². The quantitative estimate of drug-likeness (QED) is 0.158. The molecule has 0 amide bonds. The Bertz CT molecular complexity index is 3560. The zero-order valence-electron chi connectivity index (χ0n) is 36.5. The molecule has 0 bridgehead atoms. The van der Waals surface area contributed by atoms with Gasteiger partial charge in [0.25, 0.3) is 0 Å². The van der Waals surface area contributed by atoms with Crippen LogP contribution in [0.3, 0.4) is 0 Å². The Hall–Kier alpha value is -8.20. The first-order valence-corrected chi connectivity index (χ1v) is 22.6. The molecule has 0 N–H and O–H groups in total. The van der Waals surface area contributed by atoms with Gasteiger partial charge < -0.3 is 9.80 Å². The Morgan fingerprint density at radius 3 is 1.51 bits per heavy atom. The smallest absolute Gasteiger partial charge is 0.0618 e. The molecule has 1 aliphatic heterocycles. The minimum Gasteiger partial charge on any atom is -0.310 e. The Labute approximate surface area is 380 Å². The van der Waals surface area contributed by atoms with E-state index in [9.17, 15) is 0 Å². The third-order valence-electron chi connectivity index (χ3n) is 13.6. The van der Waals surface area contributed by atoms with Crippen LogP contribution in [0.15, 0.2) is 243 Å². The fourth-order valence-electron chi connectivity index (χ4n) is 10.4. The number of anilines is 6. The van der Waals surface area contributed by atoms with Gasteiger partial charge in [0.1, 0.15) is 0 Å². The average Bonchev–Trinajstić information content (AvgIpc) is 3.37. The number of rotatable bonds is 7. The van der Waals surface area contributed by atoms with E-state index in [1.807, 2.05) is 0 Å². The van der Waals surface area contributed by atoms with Gasteiger partial charge in [-0.25, -0.2) is 0 Å². The molecule has 0 spiro atoms. The third kappa shape index (κ3) is 6.49. The number of hydrogen-bond donors (Lipinski definition) is 0. The molecule has 0 fully saturated rings. The summed E-state index contributed by atoms with van der Waals surface area (Å²) in [6, 6.07) is 89.1. The summed E-state index contributed by atoms with van der Waals surface area (Å²) in [4.78, 5) is 4.99. The number of hydrogen-bond acceptors (Lipinski definition) is 2. The second kappa shape index (κ2) is 15.6. The topological polar surface area (TPSA) is 6.48 Å². The summed E-state index contributed by atoms with van der Waals surface area (Å²) >= 11 is 0. The maximum Gasteiger partial charge on any atom is 0.0618 e. The van der Waals surface area contributed by atoms with Crippen molar-refractivity contribution in [3.63, 3.8) is 0 Å². The summed E-state index contributed by atoms with van der Waals surface area (Å²) in [5, 5.41) is 7.38. The van der Waals surface area contributed by atoms with E-state index >= 15 is 0 Å². The lowest BCUT2D eigenvalue weighted by atomic mass is 9.73. The van der Waals surface area contributed by atoms with Crippen LogP contribution in [0.1, 0.15) is 25.0 Å². The highest BCUT2D eigenvalue weighted by Gasteiger charge is 2.38. The predicted octanol–water partition coefficient (Wildman–Crippen LogP) is 17.7. The SMILES string of the molecule is CC1(C)c2ccccc2N(c2c(-c3cccc4ccccc34)ccc3ccccc23)c2cc(N(c3ccc(-c4ccccc4)cc3)c3ccc(-c4cccc5ccccc45)cc3)ccc21. The van der Waals surface area contributed by atoms with Crippen LogP contribution in [-0.4, -0.2) is 0 Å². The first kappa shape index (κ1) is 38.5. The standard InChI is InChI=1S/C63H46N2/c1-63(2)58-28-12-13-29-60(58)65(62-55-25-11-8-20-47(55)34-40-57(62)56-27-15-22-46-19-7-10-24-54(46)56)61-42-51(39-41-59(61)63)64(49-35-30-44(31-36-49)43-16-4-3-5-17-43)50-37-32-48(33-38-50)53-26-14-21-45-18-6-9-23-52(45)53/h3-42H,1-2H3. The molecule has 0 unspecified atom stereocenters. The Morgan fingerprint density at radius 1 is 0.323 bits per heavy atom. The van der Waals surface area contributed by atoms with Crippen LogP contribution in [0.2, 0.25) is 0 Å². The average molecular weight is 831 g/mol. The lowest BCUT2D eigenvalue weighted by molar-refractivity contribution is 0.632. The lowest BCUT2D eigenvalue weighted by Gasteiger charge is -2.43. The molecule has 0 radical (unpaired) electrons. The maximum absolute atomic E-state index is 2.57. The fraction of sp³-hybridized carbons (Fsp3) is 0.0476. The second-order valence-corrected chi connectivity index (χ2v) is 17.7. The Balaban J connectivity index is 1.09. The molecular weight excluding hydrogens is 785 g/mol. The van der Waals surface area contributed by atoms with Crippen LogP contribution < -0.4 is 9.80 Å². The molecule has 12 rings (SSSR count). The van der Waals surface area contributed by atoms with Gasteiger partial charge in [-0.2, -0.15) is 0 Å². The number of nitrogens with zero attached hydrogens (tertiary/aromatic N) is 2. The number of benzene rings is 11. The highest BCUT2D eigenvalue weighted by Crippen LogP contribution is 2.56. The highest BCUT2D eigenvalue weighted by molar-refractivity contribution is 6.11. The molecule has 0 aliphatic carbocycles. The van der Waals surface area contributed by atoms with E-state index in [2.05, 4.69) is 266 Å². The molecule has 11 aromatic rings. The van der Waals surface area contributed by atoms with Crippen molar-refractivity contribution in [2.75, 3.05) is 9.80 Å². The molecule has 2 nitrogen and oxygen atoms in total. The summed E-state index contributed by atoms with van der Waals surface area (Å²) in [6.07, 6.45) is 0. The van der Waals surface area contributed by atoms with Gasteiger partial charge in [-0.05, 0) is 108 Å². The van der Waals surface area contributed by atoms with E-state index in [1.54, 1.807) is 0 Å². The first-order valence-electron chi connectivity index (χ1n) is 22.6. The van der Waals surface area contributed by atoms with Gasteiger partial charge in [-0.3, -0.25) is 0 Å². The zero-order valence-corrected chi connectivity index (χ0v) is 36.5. The van der Waals surface area contributed by atoms with E-state index in [0.717, 1.165) is 17.1 Å². The Morgan fingerprint density at radius 2 is 0.815 bits per heavy atom. The van der Waals surface area contributed by atoms with Gasteiger partial charge in [0.15, 0.2) is 0 Å². The van der Waals surface area contributed by atoms with Crippen molar-refractivity contribution in [2.24, 2.45) is 0 Å². The second-order valence-electron chi connectivity index (χ2n) is 17.7. The molecule has 11 aromatic carbocycles. The minimum absolute atomic E-state index is 0.270. The van der Waals surface area contributed by atoms with E-state index in [4.69, 9.17) is 0 Å². The first-order chi connectivity index (χ1) is 32.0. The fourth-order valence-corrected chi connectivity index (χ4v) is 10.4. The van der Waals surface area contributed by atoms with E-state index < -0.39 is 0 Å². The van der Waals surface area contributed by atoms with Crippen molar-refractivity contribution >= 4 is 66.4 Å². The van der Waals surface area contributed by atoms with E-state index in [1.165, 1.54) is 93.9 Å². The summed E-state index contributed by atoms with van der Waals surface area (Å²) in [6.45, 7) is 4.75. The predicted molar refractivity (Wildman–Crippen MR) is 277 cm³/mol. The molecule has 308 valence electrons. The molecule has 0 atom stereocenters. The van der Waals surface area contributed by atoms with Crippen LogP contribution in [-0.2, 0) is 5.41 Å². The van der Waals surface area contributed by atoms with Gasteiger partial charge in [-0.15, -0.1) is 0 Å². The molecular formula is C63H46N2. The van der Waals surface area contributed by atoms with Crippen LogP contribution >= 0.6 is 0 Å². The van der Waals surface area contributed by atoms with Crippen LogP contribution in [0.4, 0.5) is 34.1 Å². The molecule has 0 saturated heterocycles. The van der Waals surface area contributed by atoms with Crippen LogP contribution in [0, 0.1) is 0 Å². The minimum atomic E-state index is -0.270. The van der Waals surface area contributed by atoms with Crippen LogP contribution in [0.5, 0.6) is 0 Å². The number of para-hydroxylation sites is 1. The summed E-state index contributed by atoms with van der Waals surface area (Å²) in [7, 11) is 0. The van der Waals surface area contributed by atoms with E-state index in [0.29, 0.717) is 0 Å². The maximum atomic E-state index is 2.57. The molecule has 65 heavy (non-hydrogen) atoms. The largest absolute Gasteiger partial charge is 0.310 e. The molecule has 1 heterocycles. The molecule has 2 heteroatoms. The molecule has 0 saturated carbocycles. The lowest BCUT2D eigenvalue weighted by Crippen LogP contribution is -2.31.